The normalized spacial score (nSPS) is 12.7. The van der Waals surface area contributed by atoms with E-state index in [9.17, 15) is 24.6 Å². The van der Waals surface area contributed by atoms with Gasteiger partial charge in [-0.3, -0.25) is 9.59 Å². The van der Waals surface area contributed by atoms with Crippen LogP contribution >= 0.6 is 11.6 Å². The maximum absolute atomic E-state index is 13.9. The first kappa shape index (κ1) is 30.3. The molecule has 2 atom stereocenters. The molecule has 0 radical (unpaired) electrons. The number of benzene rings is 3. The Morgan fingerprint density at radius 1 is 0.975 bits per heavy atom. The fraction of sp³-hybridized carbons (Fsp3) is 0.300. The van der Waals surface area contributed by atoms with Gasteiger partial charge in [-0.1, -0.05) is 48.0 Å². The Bertz CT molecular complexity index is 1350. The summed E-state index contributed by atoms with van der Waals surface area (Å²) in [5.41, 5.74) is 1.32. The van der Waals surface area contributed by atoms with E-state index in [0.717, 1.165) is 5.56 Å². The minimum Gasteiger partial charge on any atom is -0.508 e. The molecule has 10 heteroatoms. The van der Waals surface area contributed by atoms with Crippen molar-refractivity contribution >= 4 is 35.2 Å². The summed E-state index contributed by atoms with van der Waals surface area (Å²) < 4.78 is 5.38. The van der Waals surface area contributed by atoms with E-state index in [1.165, 1.54) is 36.2 Å². The van der Waals surface area contributed by atoms with Crippen molar-refractivity contribution in [1.82, 2.24) is 10.2 Å². The smallest absolute Gasteiger partial charge is 0.408 e. The van der Waals surface area contributed by atoms with Crippen LogP contribution in [0.25, 0.3) is 0 Å². The van der Waals surface area contributed by atoms with Crippen LogP contribution in [0.2, 0.25) is 5.02 Å². The molecule has 0 aliphatic carbocycles. The summed E-state index contributed by atoms with van der Waals surface area (Å²) in [6, 6.07) is 15.1. The van der Waals surface area contributed by atoms with Gasteiger partial charge in [0.1, 0.15) is 29.2 Å². The van der Waals surface area contributed by atoms with Gasteiger partial charge >= 0.3 is 6.09 Å². The van der Waals surface area contributed by atoms with Gasteiger partial charge in [-0.15, -0.1) is 0 Å². The van der Waals surface area contributed by atoms with Crippen molar-refractivity contribution in [3.05, 3.63) is 88.4 Å². The number of carbonyl (C=O) groups excluding carboxylic acids is 3. The van der Waals surface area contributed by atoms with Gasteiger partial charge in [-0.2, -0.15) is 0 Å². The molecule has 3 aromatic rings. The summed E-state index contributed by atoms with van der Waals surface area (Å²) in [6.07, 6.45) is -0.746. The molecule has 0 aromatic heterocycles. The van der Waals surface area contributed by atoms with E-state index < -0.39 is 35.6 Å². The van der Waals surface area contributed by atoms with Crippen LogP contribution in [0.1, 0.15) is 43.5 Å². The second kappa shape index (κ2) is 12.7. The average molecular weight is 568 g/mol. The summed E-state index contributed by atoms with van der Waals surface area (Å²) in [6.45, 7) is 6.90. The van der Waals surface area contributed by atoms with Crippen LogP contribution in [0.15, 0.2) is 66.7 Å². The number of phenols is 2. The largest absolute Gasteiger partial charge is 0.508 e. The number of hydrogen-bond acceptors (Lipinski definition) is 6. The van der Waals surface area contributed by atoms with Crippen LogP contribution in [0.3, 0.4) is 0 Å². The molecule has 0 heterocycles. The number of nitrogens with one attached hydrogen (secondary N) is 2. The number of aromatic hydroxyl groups is 2. The van der Waals surface area contributed by atoms with Crippen molar-refractivity contribution in [2.45, 2.75) is 51.8 Å². The fourth-order valence-corrected chi connectivity index (χ4v) is 4.39. The molecule has 0 aliphatic heterocycles. The first-order chi connectivity index (χ1) is 18.7. The zero-order chi connectivity index (χ0) is 29.6. The highest BCUT2D eigenvalue weighted by Gasteiger charge is 2.35. The summed E-state index contributed by atoms with van der Waals surface area (Å²) in [5, 5.41) is 25.6. The van der Waals surface area contributed by atoms with E-state index in [-0.39, 0.29) is 17.9 Å². The van der Waals surface area contributed by atoms with Crippen LogP contribution in [0, 0.1) is 6.92 Å². The highest BCUT2D eigenvalue weighted by molar-refractivity contribution is 6.34. The number of amides is 3. The van der Waals surface area contributed by atoms with E-state index in [4.69, 9.17) is 16.3 Å². The minimum absolute atomic E-state index is 0.0549. The molecule has 0 aliphatic rings. The Morgan fingerprint density at radius 3 is 2.23 bits per heavy atom. The predicted molar refractivity (Wildman–Crippen MR) is 153 cm³/mol. The first-order valence-electron chi connectivity index (χ1n) is 12.6. The zero-order valence-electron chi connectivity index (χ0n) is 23.1. The first-order valence-corrected chi connectivity index (χ1v) is 13.0. The number of anilines is 1. The van der Waals surface area contributed by atoms with Crippen molar-refractivity contribution in [3.8, 4) is 11.5 Å². The standard InChI is InChI=1S/C30H34ClN3O6/c1-18-8-6-11-23(31)25(18)33-27(37)26(20-9-7-10-22(36)17-20)34(5)28(38)24(32-29(39)40-30(2,3)4)16-19-12-14-21(35)15-13-19/h6-15,17,24,26,35-36H,16H2,1-5H3,(H,32,39)(H,33,37). The SMILES string of the molecule is Cc1cccc(Cl)c1NC(=O)C(c1cccc(O)c1)N(C)C(=O)C(Cc1ccc(O)cc1)NC(=O)OC(C)(C)C. The number of nitrogens with zero attached hydrogens (tertiary/aromatic N) is 1. The number of hydrogen-bond donors (Lipinski definition) is 4. The molecule has 9 nitrogen and oxygen atoms in total. The number of para-hydroxylation sites is 1. The second-order valence-corrected chi connectivity index (χ2v) is 10.8. The lowest BCUT2D eigenvalue weighted by molar-refractivity contribution is -0.139. The van der Waals surface area contributed by atoms with E-state index in [1.54, 1.807) is 70.2 Å². The van der Waals surface area contributed by atoms with Gasteiger partial charge in [0, 0.05) is 13.5 Å². The monoisotopic (exact) mass is 567 g/mol. The Balaban J connectivity index is 1.98. The summed E-state index contributed by atoms with van der Waals surface area (Å²) in [7, 11) is 1.44. The van der Waals surface area contributed by atoms with E-state index in [2.05, 4.69) is 10.6 Å². The maximum Gasteiger partial charge on any atom is 0.408 e. The van der Waals surface area contributed by atoms with Crippen molar-refractivity contribution in [1.29, 1.82) is 0 Å². The van der Waals surface area contributed by atoms with Gasteiger partial charge < -0.3 is 30.5 Å². The Labute approximate surface area is 238 Å². The van der Waals surface area contributed by atoms with Crippen LogP contribution in [-0.2, 0) is 20.7 Å². The van der Waals surface area contributed by atoms with Gasteiger partial charge in [0.2, 0.25) is 5.91 Å². The molecule has 3 rings (SSSR count). The number of aryl methyl sites for hydroxylation is 1. The fourth-order valence-electron chi connectivity index (χ4n) is 4.12. The molecule has 0 bridgehead atoms. The Morgan fingerprint density at radius 2 is 1.62 bits per heavy atom. The molecule has 0 saturated carbocycles. The van der Waals surface area contributed by atoms with Crippen LogP contribution in [0.4, 0.5) is 10.5 Å². The number of alkyl carbamates (subject to hydrolysis) is 1. The number of ether oxygens (including phenoxy) is 1. The highest BCUT2D eigenvalue weighted by Crippen LogP contribution is 2.30. The third kappa shape index (κ3) is 8.13. The lowest BCUT2D eigenvalue weighted by atomic mass is 10.0. The number of phenolic OH excluding ortho intramolecular Hbond substituents is 2. The van der Waals surface area contributed by atoms with Crippen molar-refractivity contribution < 1.29 is 29.3 Å². The molecule has 0 saturated heterocycles. The molecule has 4 N–H and O–H groups in total. The molecular weight excluding hydrogens is 534 g/mol. The molecule has 0 spiro atoms. The summed E-state index contributed by atoms with van der Waals surface area (Å²) >= 11 is 6.34. The summed E-state index contributed by atoms with van der Waals surface area (Å²) in [5.74, 6) is -1.19. The molecular formula is C30H34ClN3O6. The van der Waals surface area contributed by atoms with E-state index >= 15 is 0 Å². The van der Waals surface area contributed by atoms with E-state index in [1.807, 2.05) is 0 Å². The maximum atomic E-state index is 13.9. The molecule has 3 amide bonds. The Hall–Kier alpha value is -4.24. The molecule has 40 heavy (non-hydrogen) atoms. The topological polar surface area (TPSA) is 128 Å². The number of halogens is 1. The van der Waals surface area contributed by atoms with Crippen LogP contribution in [0.5, 0.6) is 11.5 Å². The van der Waals surface area contributed by atoms with Gasteiger partial charge in [0.25, 0.3) is 5.91 Å². The molecule has 2 unspecified atom stereocenters. The third-order valence-corrected chi connectivity index (χ3v) is 6.32. The second-order valence-electron chi connectivity index (χ2n) is 10.4. The molecule has 3 aromatic carbocycles. The van der Waals surface area contributed by atoms with Crippen LogP contribution < -0.4 is 10.6 Å². The number of rotatable bonds is 8. The van der Waals surface area contributed by atoms with Crippen molar-refractivity contribution in [3.63, 3.8) is 0 Å². The molecule has 212 valence electrons. The average Bonchev–Trinajstić information content (AvgIpc) is 2.86. The van der Waals surface area contributed by atoms with E-state index in [0.29, 0.717) is 21.8 Å². The number of likely N-dealkylation sites (N-methyl/N-ethyl adjacent to an activating group) is 1. The lowest BCUT2D eigenvalue weighted by Crippen LogP contribution is -2.52. The Kier molecular flexibility index (Phi) is 9.65. The van der Waals surface area contributed by atoms with Gasteiger partial charge in [0.05, 0.1) is 10.7 Å². The highest BCUT2D eigenvalue weighted by atomic mass is 35.5. The number of carbonyl (C=O) groups is 3. The molecule has 0 fully saturated rings. The lowest BCUT2D eigenvalue weighted by Gasteiger charge is -2.32. The van der Waals surface area contributed by atoms with Crippen LogP contribution in [-0.4, -0.2) is 51.7 Å². The quantitative estimate of drug-likeness (QED) is 0.291. The minimum atomic E-state index is -1.20. The predicted octanol–water partition coefficient (Wildman–Crippen LogP) is 5.33. The van der Waals surface area contributed by atoms with Crippen molar-refractivity contribution in [2.24, 2.45) is 0 Å². The van der Waals surface area contributed by atoms with Crippen molar-refractivity contribution in [2.75, 3.05) is 12.4 Å². The van der Waals surface area contributed by atoms with Gasteiger partial charge in [-0.25, -0.2) is 4.79 Å². The third-order valence-electron chi connectivity index (χ3n) is 6.00. The zero-order valence-corrected chi connectivity index (χ0v) is 23.8. The van der Waals surface area contributed by atoms with Gasteiger partial charge in [-0.05, 0) is 74.7 Å². The van der Waals surface area contributed by atoms with Gasteiger partial charge in [0.15, 0.2) is 0 Å². The summed E-state index contributed by atoms with van der Waals surface area (Å²) in [4.78, 5) is 41.6.